The molecule has 2 heterocycles. The molecule has 2 aromatic heterocycles. The van der Waals surface area contributed by atoms with E-state index in [1.54, 1.807) is 18.3 Å². The second-order valence-corrected chi connectivity index (χ2v) is 10.8. The quantitative estimate of drug-likeness (QED) is 0.103. The fraction of sp³-hybridized carbons (Fsp3) is 0.308. The number of ether oxygens (including phenoxy) is 1. The Balaban J connectivity index is 0.000000575. The molecule has 2 amide bonds. The maximum Gasteiger partial charge on any atom is 0.407 e. The molecule has 0 bridgehead atoms. The zero-order valence-corrected chi connectivity index (χ0v) is 30.2. The summed E-state index contributed by atoms with van der Waals surface area (Å²) in [4.78, 5) is 49.7. The number of hydrogen-bond acceptors (Lipinski definition) is 7. The van der Waals surface area contributed by atoms with Crippen molar-refractivity contribution in [2.24, 2.45) is 0 Å². The smallest absolute Gasteiger partial charge is 0.407 e. The maximum atomic E-state index is 12.4. The highest BCUT2D eigenvalue weighted by atomic mass is 16.5. The van der Waals surface area contributed by atoms with Crippen molar-refractivity contribution in [2.45, 2.75) is 54.0 Å². The molecule has 266 valence electrons. The molecule has 5 rings (SSSR count). The lowest BCUT2D eigenvalue weighted by atomic mass is 10.0. The van der Waals surface area contributed by atoms with E-state index in [2.05, 4.69) is 104 Å². The summed E-state index contributed by atoms with van der Waals surface area (Å²) in [5, 5.41) is 4.96. The average molecular weight is 682 g/mol. The molecule has 0 saturated carbocycles. The minimum atomic E-state index is -0.586. The molecule has 4 N–H and O–H groups in total. The van der Waals surface area contributed by atoms with Crippen LogP contribution in [0.2, 0.25) is 0 Å². The summed E-state index contributed by atoms with van der Waals surface area (Å²) in [5.41, 5.74) is 6.81. The highest BCUT2D eigenvalue weighted by Gasteiger charge is 2.10. The summed E-state index contributed by atoms with van der Waals surface area (Å²) >= 11 is 0. The molecule has 0 unspecified atom stereocenters. The van der Waals surface area contributed by atoms with Gasteiger partial charge in [-0.05, 0) is 54.4 Å². The number of hydrogen-bond donors (Lipinski definition) is 4. The molecule has 11 heteroatoms. The molecule has 3 aromatic carbocycles. The third-order valence-electron chi connectivity index (χ3n) is 6.74. The predicted octanol–water partition coefficient (Wildman–Crippen LogP) is 8.21. The first-order valence-electron chi connectivity index (χ1n) is 16.9. The molecule has 0 fully saturated rings. The van der Waals surface area contributed by atoms with E-state index in [0.29, 0.717) is 17.8 Å². The van der Waals surface area contributed by atoms with Gasteiger partial charge in [0.1, 0.15) is 12.1 Å². The van der Waals surface area contributed by atoms with Crippen LogP contribution in [0.25, 0.3) is 33.6 Å². The Bertz CT molecular complexity index is 1680. The summed E-state index contributed by atoms with van der Waals surface area (Å²) in [6, 6.07) is 25.8. The molecule has 0 aliphatic carbocycles. The molecule has 50 heavy (non-hydrogen) atoms. The van der Waals surface area contributed by atoms with Gasteiger partial charge in [0.05, 0.1) is 44.0 Å². The maximum absolute atomic E-state index is 12.4. The van der Waals surface area contributed by atoms with E-state index in [9.17, 15) is 14.4 Å². The molecule has 0 atom stereocenters. The lowest BCUT2D eigenvalue weighted by Gasteiger charge is -2.13. The topological polar surface area (TPSA) is 145 Å². The number of nitrogens with zero attached hydrogens (tertiary/aromatic N) is 3. The van der Waals surface area contributed by atoms with Crippen LogP contribution in [-0.2, 0) is 16.1 Å². The zero-order valence-electron chi connectivity index (χ0n) is 30.2. The Morgan fingerprint density at radius 1 is 0.800 bits per heavy atom. The van der Waals surface area contributed by atoms with E-state index in [1.807, 2.05) is 50.4 Å². The van der Waals surface area contributed by atoms with E-state index in [4.69, 9.17) is 0 Å². The summed E-state index contributed by atoms with van der Waals surface area (Å²) in [5.74, 6) is 1.20. The number of alkyl carbamates (subject to hydrolysis) is 1. The predicted molar refractivity (Wildman–Crippen MR) is 202 cm³/mol. The van der Waals surface area contributed by atoms with Crippen LogP contribution in [0.1, 0.15) is 63.6 Å². The first-order valence-corrected chi connectivity index (χ1v) is 16.9. The van der Waals surface area contributed by atoms with Gasteiger partial charge in [-0.1, -0.05) is 108 Å². The highest BCUT2D eigenvalue weighted by molar-refractivity contribution is 6.03. The van der Waals surface area contributed by atoms with E-state index >= 15 is 0 Å². The monoisotopic (exact) mass is 681 g/mol. The third-order valence-corrected chi connectivity index (χ3v) is 6.74. The number of benzene rings is 3. The Morgan fingerprint density at radius 2 is 1.32 bits per heavy atom. The van der Waals surface area contributed by atoms with Crippen LogP contribution < -0.4 is 10.6 Å². The van der Waals surface area contributed by atoms with Crippen LogP contribution in [0.5, 0.6) is 0 Å². The second-order valence-electron chi connectivity index (χ2n) is 10.8. The van der Waals surface area contributed by atoms with Crippen molar-refractivity contribution in [3.8, 4) is 33.6 Å². The minimum Gasteiger partial charge on any atom is -0.453 e. The largest absolute Gasteiger partial charge is 0.453 e. The number of aromatic amines is 2. The first kappa shape index (κ1) is 40.6. The van der Waals surface area contributed by atoms with Crippen LogP contribution in [0, 0.1) is 0 Å². The Labute approximate surface area is 295 Å². The highest BCUT2D eigenvalue weighted by Crippen LogP contribution is 2.27. The van der Waals surface area contributed by atoms with Gasteiger partial charge in [-0.2, -0.15) is 0 Å². The zero-order chi connectivity index (χ0) is 36.7. The molecule has 0 radical (unpaired) electrons. The van der Waals surface area contributed by atoms with Gasteiger partial charge in [0.2, 0.25) is 5.95 Å². The van der Waals surface area contributed by atoms with Crippen molar-refractivity contribution in [1.29, 1.82) is 0 Å². The third kappa shape index (κ3) is 13.5. The lowest BCUT2D eigenvalue weighted by Crippen LogP contribution is -2.24. The molecule has 5 aromatic rings. The van der Waals surface area contributed by atoms with Crippen molar-refractivity contribution in [1.82, 2.24) is 30.2 Å². The van der Waals surface area contributed by atoms with Gasteiger partial charge in [0, 0.05) is 5.56 Å². The number of anilines is 1. The Hall–Kier alpha value is -5.55. The summed E-state index contributed by atoms with van der Waals surface area (Å²) in [6.45, 7) is 12.3. The van der Waals surface area contributed by atoms with E-state index < -0.39 is 6.09 Å². The van der Waals surface area contributed by atoms with Crippen LogP contribution in [0.15, 0.2) is 91.3 Å². The lowest BCUT2D eigenvalue weighted by molar-refractivity contribution is -0.107. The number of amides is 2. The summed E-state index contributed by atoms with van der Waals surface area (Å²) in [6.07, 6.45) is 6.00. The van der Waals surface area contributed by atoms with Gasteiger partial charge in [0.15, 0.2) is 0 Å². The number of H-pyrrole nitrogens is 2. The van der Waals surface area contributed by atoms with Gasteiger partial charge in [-0.25, -0.2) is 14.8 Å². The molecule has 0 aliphatic heterocycles. The number of nitrogens with one attached hydrogen (secondary N) is 4. The Kier molecular flexibility index (Phi) is 18.6. The normalized spacial score (nSPS) is 9.92. The molecule has 0 aliphatic rings. The van der Waals surface area contributed by atoms with Crippen molar-refractivity contribution < 1.29 is 19.1 Å². The number of imidazole rings is 2. The fourth-order valence-electron chi connectivity index (χ4n) is 4.49. The number of aldehydes is 1. The summed E-state index contributed by atoms with van der Waals surface area (Å²) in [7, 11) is 3.35. The van der Waals surface area contributed by atoms with Crippen molar-refractivity contribution in [3.63, 3.8) is 0 Å². The van der Waals surface area contributed by atoms with Crippen molar-refractivity contribution >= 4 is 24.2 Å². The van der Waals surface area contributed by atoms with Gasteiger partial charge in [-0.3, -0.25) is 15.0 Å². The number of carbonyl (C=O) groups is 3. The number of methoxy groups -OCH3 is 1. The van der Waals surface area contributed by atoms with E-state index in [1.165, 1.54) is 13.5 Å². The minimum absolute atomic E-state index is 0.00662. The molecular formula is C39H51N7O4. The number of aromatic nitrogens is 4. The summed E-state index contributed by atoms with van der Waals surface area (Å²) < 4.78 is 4.14. The number of rotatable bonds is 11. The van der Waals surface area contributed by atoms with E-state index in [-0.39, 0.29) is 12.5 Å². The Morgan fingerprint density at radius 3 is 1.84 bits per heavy atom. The fourth-order valence-corrected chi connectivity index (χ4v) is 4.49. The standard InChI is InChI=1S/C30H30N6O.C4H7NO3.C3H8.C2H6/c1-3-17-36(2)20-28-31-18-26(33-28)23-13-9-21(10-14-23)22-11-15-24(16-12-22)27-19-32-30(34-27)35-29(37)25-7-5-4-6-8-25;1-8-4(7)5-2-3-6;1-3-2;1-2/h4-16,18-19H,3,17,20H2,1-2H3,(H,31,33)(H2,32,34,35,37);3H,2H2,1H3,(H,5,7);3H2,1-2H3;1-2H3. The second kappa shape index (κ2) is 22.9. The van der Waals surface area contributed by atoms with Crippen molar-refractivity contribution in [2.75, 3.05) is 32.6 Å². The average Bonchev–Trinajstić information content (AvgIpc) is 3.82. The van der Waals surface area contributed by atoms with Crippen LogP contribution in [-0.4, -0.2) is 70.4 Å². The molecule has 0 saturated heterocycles. The van der Waals surface area contributed by atoms with Crippen LogP contribution in [0.4, 0.5) is 10.7 Å². The van der Waals surface area contributed by atoms with Gasteiger partial charge in [-0.15, -0.1) is 0 Å². The molecular weight excluding hydrogens is 630 g/mol. The molecule has 11 nitrogen and oxygen atoms in total. The first-order chi connectivity index (χ1) is 24.3. The van der Waals surface area contributed by atoms with Gasteiger partial charge < -0.3 is 24.8 Å². The SMILES string of the molecule is CC.CCC.CCCN(C)Cc1ncc(-c2ccc(-c3ccc(-c4cnc(NC(=O)c5ccccc5)[nH]4)cc3)cc2)[nH]1.COC(=O)NCC=O. The van der Waals surface area contributed by atoms with E-state index in [0.717, 1.165) is 59.0 Å². The molecule has 0 spiro atoms. The van der Waals surface area contributed by atoms with Gasteiger partial charge in [0.25, 0.3) is 5.91 Å². The van der Waals surface area contributed by atoms with Crippen LogP contribution in [0.3, 0.4) is 0 Å². The van der Waals surface area contributed by atoms with Gasteiger partial charge >= 0.3 is 6.09 Å². The van der Waals surface area contributed by atoms with Crippen molar-refractivity contribution in [3.05, 3.63) is 103 Å². The van der Waals surface area contributed by atoms with Crippen LogP contribution >= 0.6 is 0 Å². The number of carbonyl (C=O) groups excluding carboxylic acids is 3.